The third-order valence-electron chi connectivity index (χ3n) is 4.34. The molecule has 1 amide bonds. The minimum atomic E-state index is -3.73. The van der Waals surface area contributed by atoms with E-state index >= 15 is 0 Å². The maximum Gasteiger partial charge on any atom is 0.246 e. The summed E-state index contributed by atoms with van der Waals surface area (Å²) >= 11 is 5.98. The van der Waals surface area contributed by atoms with Crippen LogP contribution in [-0.2, 0) is 21.4 Å². The zero-order valence-corrected chi connectivity index (χ0v) is 18.2. The van der Waals surface area contributed by atoms with Crippen LogP contribution in [0.5, 0.6) is 0 Å². The standard InChI is InChI=1S/C20H21ClN4O4S/c1-13-7-9-15(10-8-13)19-23-18(29-24-19)12-22-20(26)14(2)25(30(3,27)28)17-6-4-5-16(21)11-17/h4-11,14H,12H2,1-3H3,(H,22,26)/t14-/m0/s1. The molecule has 0 saturated heterocycles. The number of halogens is 1. The van der Waals surface area contributed by atoms with Crippen molar-refractivity contribution in [2.75, 3.05) is 10.6 Å². The molecule has 10 heteroatoms. The predicted molar refractivity (Wildman–Crippen MR) is 115 cm³/mol. The van der Waals surface area contributed by atoms with Crippen molar-refractivity contribution >= 4 is 33.2 Å². The van der Waals surface area contributed by atoms with E-state index in [1.807, 2.05) is 31.2 Å². The highest BCUT2D eigenvalue weighted by molar-refractivity contribution is 7.92. The van der Waals surface area contributed by atoms with Gasteiger partial charge in [0, 0.05) is 10.6 Å². The summed E-state index contributed by atoms with van der Waals surface area (Å²) in [6.45, 7) is 3.43. The highest BCUT2D eigenvalue weighted by atomic mass is 35.5. The first-order valence-corrected chi connectivity index (χ1v) is 11.3. The zero-order valence-electron chi connectivity index (χ0n) is 16.7. The maximum absolute atomic E-state index is 12.6. The van der Waals surface area contributed by atoms with Crippen molar-refractivity contribution in [2.45, 2.75) is 26.4 Å². The third-order valence-corrected chi connectivity index (χ3v) is 5.82. The molecule has 3 rings (SSSR count). The molecule has 0 unspecified atom stereocenters. The number of hydrogen-bond acceptors (Lipinski definition) is 6. The number of aryl methyl sites for hydroxylation is 1. The van der Waals surface area contributed by atoms with Crippen LogP contribution >= 0.6 is 11.6 Å². The lowest BCUT2D eigenvalue weighted by Gasteiger charge is -2.28. The van der Waals surface area contributed by atoms with E-state index in [-0.39, 0.29) is 12.4 Å². The van der Waals surface area contributed by atoms with Crippen LogP contribution in [-0.4, -0.2) is 36.8 Å². The van der Waals surface area contributed by atoms with E-state index in [2.05, 4.69) is 15.5 Å². The van der Waals surface area contributed by atoms with Gasteiger partial charge in [0.1, 0.15) is 6.04 Å². The Balaban J connectivity index is 1.71. The molecule has 1 heterocycles. The van der Waals surface area contributed by atoms with Gasteiger partial charge in [0.25, 0.3) is 0 Å². The van der Waals surface area contributed by atoms with E-state index in [4.69, 9.17) is 16.1 Å². The van der Waals surface area contributed by atoms with E-state index in [1.165, 1.54) is 13.0 Å². The molecule has 1 aromatic heterocycles. The van der Waals surface area contributed by atoms with Crippen LogP contribution in [0.25, 0.3) is 11.4 Å². The van der Waals surface area contributed by atoms with Crippen molar-refractivity contribution in [1.29, 1.82) is 0 Å². The quantitative estimate of drug-likeness (QED) is 0.595. The Morgan fingerprint density at radius 3 is 2.57 bits per heavy atom. The van der Waals surface area contributed by atoms with E-state index in [0.29, 0.717) is 16.5 Å². The van der Waals surface area contributed by atoms with Gasteiger partial charge in [-0.1, -0.05) is 52.7 Å². The van der Waals surface area contributed by atoms with Crippen LogP contribution in [0.4, 0.5) is 5.69 Å². The average Bonchev–Trinajstić information content (AvgIpc) is 3.14. The van der Waals surface area contributed by atoms with Crippen LogP contribution in [0, 0.1) is 6.92 Å². The normalized spacial score (nSPS) is 12.4. The van der Waals surface area contributed by atoms with E-state index in [9.17, 15) is 13.2 Å². The number of aromatic nitrogens is 2. The first-order valence-electron chi connectivity index (χ1n) is 9.07. The van der Waals surface area contributed by atoms with Gasteiger partial charge < -0.3 is 9.84 Å². The van der Waals surface area contributed by atoms with E-state index in [0.717, 1.165) is 21.7 Å². The summed E-state index contributed by atoms with van der Waals surface area (Å²) in [5.41, 5.74) is 2.20. The van der Waals surface area contributed by atoms with Gasteiger partial charge in [0.05, 0.1) is 18.5 Å². The number of rotatable bonds is 7. The Bertz CT molecular complexity index is 1150. The first kappa shape index (κ1) is 21.8. The fourth-order valence-corrected chi connectivity index (χ4v) is 4.23. The van der Waals surface area contributed by atoms with Crippen LogP contribution in [0.3, 0.4) is 0 Å². The number of anilines is 1. The molecule has 1 N–H and O–H groups in total. The predicted octanol–water partition coefficient (Wildman–Crippen LogP) is 3.17. The highest BCUT2D eigenvalue weighted by Crippen LogP contribution is 2.24. The van der Waals surface area contributed by atoms with Crippen molar-refractivity contribution in [3.63, 3.8) is 0 Å². The summed E-state index contributed by atoms with van der Waals surface area (Å²) in [6.07, 6.45) is 1.03. The molecule has 3 aromatic rings. The molecule has 0 aliphatic carbocycles. The first-order chi connectivity index (χ1) is 14.1. The lowest BCUT2D eigenvalue weighted by atomic mass is 10.1. The number of hydrogen-bond donors (Lipinski definition) is 1. The number of amides is 1. The molecule has 0 saturated carbocycles. The molecule has 30 heavy (non-hydrogen) atoms. The second-order valence-corrected chi connectivity index (χ2v) is 9.11. The molecule has 0 radical (unpaired) electrons. The molecule has 0 fully saturated rings. The molecule has 0 aliphatic heterocycles. The molecule has 158 valence electrons. The van der Waals surface area contributed by atoms with Crippen molar-refractivity contribution in [1.82, 2.24) is 15.5 Å². The lowest BCUT2D eigenvalue weighted by Crippen LogP contribution is -2.47. The Kier molecular flexibility index (Phi) is 6.42. The van der Waals surface area contributed by atoms with Gasteiger partial charge in [0.15, 0.2) is 0 Å². The Morgan fingerprint density at radius 1 is 1.23 bits per heavy atom. The van der Waals surface area contributed by atoms with Gasteiger partial charge in [-0.05, 0) is 32.0 Å². The second-order valence-electron chi connectivity index (χ2n) is 6.81. The van der Waals surface area contributed by atoms with Crippen LogP contribution in [0.15, 0.2) is 53.1 Å². The monoisotopic (exact) mass is 448 g/mol. The molecule has 0 spiro atoms. The Morgan fingerprint density at radius 2 is 1.93 bits per heavy atom. The molecule has 2 aromatic carbocycles. The van der Waals surface area contributed by atoms with Crippen molar-refractivity contribution in [3.05, 3.63) is 65.0 Å². The van der Waals surface area contributed by atoms with Gasteiger partial charge in [-0.2, -0.15) is 4.98 Å². The largest absolute Gasteiger partial charge is 0.345 e. The summed E-state index contributed by atoms with van der Waals surface area (Å²) in [4.78, 5) is 16.9. The highest BCUT2D eigenvalue weighted by Gasteiger charge is 2.29. The fourth-order valence-electron chi connectivity index (χ4n) is 2.88. The summed E-state index contributed by atoms with van der Waals surface area (Å²) in [5.74, 6) is 0.0965. The van der Waals surface area contributed by atoms with Crippen molar-refractivity contribution in [3.8, 4) is 11.4 Å². The van der Waals surface area contributed by atoms with Gasteiger partial charge >= 0.3 is 0 Å². The number of nitrogens with one attached hydrogen (secondary N) is 1. The van der Waals surface area contributed by atoms with Gasteiger partial charge in [-0.3, -0.25) is 9.10 Å². The summed E-state index contributed by atoms with van der Waals surface area (Å²) in [7, 11) is -3.73. The number of benzene rings is 2. The fraction of sp³-hybridized carbons (Fsp3) is 0.250. The van der Waals surface area contributed by atoms with Gasteiger partial charge in [-0.25, -0.2) is 8.42 Å². The van der Waals surface area contributed by atoms with Crippen molar-refractivity contribution < 1.29 is 17.7 Å². The summed E-state index contributed by atoms with van der Waals surface area (Å²) < 4.78 is 30.8. The minimum absolute atomic E-state index is 0.0326. The SMILES string of the molecule is Cc1ccc(-c2noc(CNC(=O)[C@H](C)N(c3cccc(Cl)c3)S(C)(=O)=O)n2)cc1. The Hall–Kier alpha value is -2.91. The second kappa shape index (κ2) is 8.85. The van der Waals surface area contributed by atoms with Gasteiger partial charge in [0.2, 0.25) is 27.6 Å². The van der Waals surface area contributed by atoms with Crippen LogP contribution < -0.4 is 9.62 Å². The average molecular weight is 449 g/mol. The van der Waals surface area contributed by atoms with Crippen molar-refractivity contribution in [2.24, 2.45) is 0 Å². The maximum atomic E-state index is 12.6. The summed E-state index contributed by atoms with van der Waals surface area (Å²) in [5, 5.41) is 6.91. The number of carbonyl (C=O) groups is 1. The third kappa shape index (κ3) is 5.17. The topological polar surface area (TPSA) is 105 Å². The smallest absolute Gasteiger partial charge is 0.246 e. The van der Waals surface area contributed by atoms with Gasteiger partial charge in [-0.15, -0.1) is 0 Å². The number of carbonyl (C=O) groups excluding carboxylic acids is 1. The summed E-state index contributed by atoms with van der Waals surface area (Å²) in [6, 6.07) is 12.9. The molecular weight excluding hydrogens is 428 g/mol. The molecular formula is C20H21ClN4O4S. The van der Waals surface area contributed by atoms with E-state index in [1.54, 1.807) is 18.2 Å². The molecule has 0 bridgehead atoms. The molecule has 8 nitrogen and oxygen atoms in total. The van der Waals surface area contributed by atoms with E-state index < -0.39 is 22.0 Å². The van der Waals surface area contributed by atoms with Crippen LogP contribution in [0.1, 0.15) is 18.4 Å². The minimum Gasteiger partial charge on any atom is -0.345 e. The number of nitrogens with zero attached hydrogens (tertiary/aromatic N) is 3. The number of sulfonamides is 1. The lowest BCUT2D eigenvalue weighted by molar-refractivity contribution is -0.122. The van der Waals surface area contributed by atoms with Crippen LogP contribution in [0.2, 0.25) is 5.02 Å². The Labute approximate surface area is 179 Å². The molecule has 0 aliphatic rings. The molecule has 1 atom stereocenters. The zero-order chi connectivity index (χ0) is 21.9.